The molecule has 0 saturated carbocycles. The maximum absolute atomic E-state index is 13.3. The zero-order chi connectivity index (χ0) is 22.8. The van der Waals surface area contributed by atoms with Crippen LogP contribution in [0.1, 0.15) is 11.1 Å². The van der Waals surface area contributed by atoms with Gasteiger partial charge in [0.15, 0.2) is 0 Å². The Morgan fingerprint density at radius 2 is 1.62 bits per heavy atom. The van der Waals surface area contributed by atoms with Gasteiger partial charge >= 0.3 is 0 Å². The molecule has 1 heterocycles. The molecule has 0 spiro atoms. The number of hydrogen-bond acceptors (Lipinski definition) is 4. The van der Waals surface area contributed by atoms with Crippen LogP contribution in [0.15, 0.2) is 82.2 Å². The lowest BCUT2D eigenvalue weighted by Crippen LogP contribution is -2.32. The van der Waals surface area contributed by atoms with E-state index in [0.717, 1.165) is 10.5 Å². The molecule has 0 unspecified atom stereocenters. The average molecular weight is 504 g/mol. The van der Waals surface area contributed by atoms with Crippen molar-refractivity contribution in [2.24, 2.45) is 0 Å². The first-order valence-electron chi connectivity index (χ1n) is 9.64. The lowest BCUT2D eigenvalue weighted by Gasteiger charge is -2.16. The van der Waals surface area contributed by atoms with Gasteiger partial charge < -0.3 is 5.32 Å². The fourth-order valence-corrected chi connectivity index (χ4v) is 4.76. The number of nitrogens with zero attached hydrogens (tertiary/aromatic N) is 1. The molecule has 3 aromatic rings. The number of hydrogen-bond donors (Lipinski definition) is 1. The summed E-state index contributed by atoms with van der Waals surface area (Å²) in [5, 5.41) is 4.54. The molecule has 1 aliphatic heterocycles. The van der Waals surface area contributed by atoms with Crippen molar-refractivity contribution in [3.8, 4) is 0 Å². The van der Waals surface area contributed by atoms with E-state index in [1.165, 1.54) is 16.7 Å². The summed E-state index contributed by atoms with van der Waals surface area (Å²) in [5.74, 6) is -0.827. The molecule has 0 atom stereocenters. The van der Waals surface area contributed by atoms with E-state index >= 15 is 0 Å². The first-order chi connectivity index (χ1) is 15.3. The molecule has 0 aliphatic carbocycles. The molecule has 4 nitrogen and oxygen atoms in total. The highest BCUT2D eigenvalue weighted by Crippen LogP contribution is 2.37. The van der Waals surface area contributed by atoms with Crippen LogP contribution in [0.5, 0.6) is 0 Å². The second-order valence-electron chi connectivity index (χ2n) is 7.14. The summed E-state index contributed by atoms with van der Waals surface area (Å²) in [7, 11) is 0. The van der Waals surface area contributed by atoms with Crippen molar-refractivity contribution in [1.82, 2.24) is 4.90 Å². The zero-order valence-electron chi connectivity index (χ0n) is 16.9. The first-order valence-corrected chi connectivity index (χ1v) is 11.6. The summed E-state index contributed by atoms with van der Waals surface area (Å²) in [6.45, 7) is 1.93. The Morgan fingerprint density at radius 3 is 2.31 bits per heavy atom. The fourth-order valence-electron chi connectivity index (χ4n) is 3.14. The smallest absolute Gasteiger partial charge is 0.278 e. The highest BCUT2D eigenvalue weighted by molar-refractivity contribution is 8.04. The number of amides is 2. The zero-order valence-corrected chi connectivity index (χ0v) is 19.9. The van der Waals surface area contributed by atoms with E-state index in [4.69, 9.17) is 34.8 Å². The lowest BCUT2D eigenvalue weighted by molar-refractivity contribution is -0.137. The number of aryl methyl sites for hydroxylation is 1. The van der Waals surface area contributed by atoms with Gasteiger partial charge in [-0.2, -0.15) is 0 Å². The van der Waals surface area contributed by atoms with Crippen molar-refractivity contribution in [3.05, 3.63) is 104 Å². The normalized spacial score (nSPS) is 13.8. The number of carbonyl (C=O) groups excluding carboxylic acids is 2. The molecule has 8 heteroatoms. The second kappa shape index (κ2) is 9.59. The first kappa shape index (κ1) is 22.7. The highest BCUT2D eigenvalue weighted by atomic mass is 35.5. The topological polar surface area (TPSA) is 49.4 Å². The Balaban J connectivity index is 1.69. The van der Waals surface area contributed by atoms with E-state index in [0.29, 0.717) is 31.2 Å². The third kappa shape index (κ3) is 4.81. The molecule has 1 aliphatic rings. The van der Waals surface area contributed by atoms with Crippen LogP contribution in [0, 0.1) is 6.92 Å². The quantitative estimate of drug-likeness (QED) is 0.370. The molecule has 0 radical (unpaired) electrons. The Labute approximate surface area is 205 Å². The molecule has 3 aromatic carbocycles. The summed E-state index contributed by atoms with van der Waals surface area (Å²) >= 11 is 19.7. The van der Waals surface area contributed by atoms with Crippen LogP contribution in [0.4, 0.5) is 5.69 Å². The van der Waals surface area contributed by atoms with Gasteiger partial charge in [0, 0.05) is 25.7 Å². The Hall–Kier alpha value is -2.44. The molecule has 4 rings (SSSR count). The third-order valence-corrected chi connectivity index (χ3v) is 6.96. The van der Waals surface area contributed by atoms with Crippen LogP contribution < -0.4 is 5.32 Å². The number of thioether (sulfide) groups is 1. The largest absolute Gasteiger partial charge is 0.350 e. The molecule has 0 saturated heterocycles. The van der Waals surface area contributed by atoms with E-state index in [2.05, 4.69) is 5.32 Å². The molecule has 0 bridgehead atoms. The number of halogens is 3. The van der Waals surface area contributed by atoms with Crippen LogP contribution in [-0.4, -0.2) is 16.7 Å². The van der Waals surface area contributed by atoms with Crippen LogP contribution in [-0.2, 0) is 16.1 Å². The monoisotopic (exact) mass is 502 g/mol. The number of anilines is 1. The van der Waals surface area contributed by atoms with Gasteiger partial charge in [-0.1, -0.05) is 76.9 Å². The van der Waals surface area contributed by atoms with Gasteiger partial charge in [0.1, 0.15) is 10.6 Å². The summed E-state index contributed by atoms with van der Waals surface area (Å²) in [4.78, 5) is 29.0. The lowest BCUT2D eigenvalue weighted by atomic mass is 10.2. The van der Waals surface area contributed by atoms with E-state index in [1.54, 1.807) is 24.3 Å². The molecule has 1 N–H and O–H groups in total. The van der Waals surface area contributed by atoms with Crippen molar-refractivity contribution in [2.75, 3.05) is 5.32 Å². The van der Waals surface area contributed by atoms with Crippen LogP contribution in [0.3, 0.4) is 0 Å². The van der Waals surface area contributed by atoms with Gasteiger partial charge in [-0.05, 0) is 54.4 Å². The fraction of sp³-hybridized carbons (Fsp3) is 0.0833. The summed E-state index contributed by atoms with van der Waals surface area (Å²) < 4.78 is 0. The van der Waals surface area contributed by atoms with Gasteiger partial charge in [0.05, 0.1) is 6.54 Å². The molecular formula is C24H17Cl3N2O2S. The van der Waals surface area contributed by atoms with Crippen LogP contribution >= 0.6 is 46.6 Å². The standard InChI is InChI=1S/C24H17Cl3N2O2S/c1-14-7-10-17(12-19(14)26)28-21-22(32-18-5-3-2-4-6-18)24(31)29(23(21)30)13-15-8-9-16(25)11-20(15)27/h2-12,28H,13H2,1H3. The van der Waals surface area contributed by atoms with Crippen molar-refractivity contribution < 1.29 is 9.59 Å². The molecule has 32 heavy (non-hydrogen) atoms. The van der Waals surface area contributed by atoms with Crippen molar-refractivity contribution in [1.29, 1.82) is 0 Å². The van der Waals surface area contributed by atoms with E-state index in [-0.39, 0.29) is 12.2 Å². The van der Waals surface area contributed by atoms with E-state index in [9.17, 15) is 9.59 Å². The van der Waals surface area contributed by atoms with Crippen molar-refractivity contribution in [2.45, 2.75) is 18.4 Å². The third-order valence-electron chi connectivity index (χ3n) is 4.87. The van der Waals surface area contributed by atoms with E-state index < -0.39 is 11.8 Å². The molecule has 162 valence electrons. The summed E-state index contributed by atoms with van der Waals surface area (Å²) in [5.41, 5.74) is 2.36. The number of nitrogens with one attached hydrogen (secondary N) is 1. The summed E-state index contributed by atoms with van der Waals surface area (Å²) in [6.07, 6.45) is 0. The van der Waals surface area contributed by atoms with E-state index in [1.807, 2.05) is 49.4 Å². The SMILES string of the molecule is Cc1ccc(NC2=C(Sc3ccccc3)C(=O)N(Cc3ccc(Cl)cc3Cl)C2=O)cc1Cl. The van der Waals surface area contributed by atoms with Gasteiger partial charge in [-0.3, -0.25) is 14.5 Å². The number of imide groups is 1. The Bertz CT molecular complexity index is 1250. The summed E-state index contributed by atoms with van der Waals surface area (Å²) in [6, 6.07) is 19.8. The Kier molecular flexibility index (Phi) is 6.82. The van der Waals surface area contributed by atoms with Gasteiger partial charge in [0.2, 0.25) is 0 Å². The molecular weight excluding hydrogens is 487 g/mol. The predicted octanol–water partition coefficient (Wildman–Crippen LogP) is 6.94. The number of rotatable bonds is 6. The van der Waals surface area contributed by atoms with Gasteiger partial charge in [0.25, 0.3) is 11.8 Å². The van der Waals surface area contributed by atoms with Gasteiger partial charge in [-0.25, -0.2) is 0 Å². The minimum absolute atomic E-state index is 0.0341. The maximum atomic E-state index is 13.3. The number of carbonyl (C=O) groups is 2. The number of benzene rings is 3. The minimum Gasteiger partial charge on any atom is -0.350 e. The van der Waals surface area contributed by atoms with Crippen molar-refractivity contribution >= 4 is 64.1 Å². The minimum atomic E-state index is -0.434. The molecule has 2 amide bonds. The molecule has 0 aromatic heterocycles. The maximum Gasteiger partial charge on any atom is 0.278 e. The van der Waals surface area contributed by atoms with Crippen LogP contribution in [0.2, 0.25) is 15.1 Å². The second-order valence-corrected chi connectivity index (χ2v) is 9.47. The van der Waals surface area contributed by atoms with Gasteiger partial charge in [-0.15, -0.1) is 0 Å². The van der Waals surface area contributed by atoms with Crippen LogP contribution in [0.25, 0.3) is 0 Å². The molecule has 0 fully saturated rings. The average Bonchev–Trinajstić information content (AvgIpc) is 2.97. The highest BCUT2D eigenvalue weighted by Gasteiger charge is 2.39. The Morgan fingerprint density at radius 1 is 0.875 bits per heavy atom. The van der Waals surface area contributed by atoms with Crippen molar-refractivity contribution in [3.63, 3.8) is 0 Å². The predicted molar refractivity (Wildman–Crippen MR) is 131 cm³/mol.